The van der Waals surface area contributed by atoms with E-state index in [9.17, 15) is 9.50 Å². The predicted molar refractivity (Wildman–Crippen MR) is 83.9 cm³/mol. The number of hydrogen-bond acceptors (Lipinski definition) is 2. The van der Waals surface area contributed by atoms with Crippen molar-refractivity contribution >= 4 is 38.5 Å². The lowest BCUT2D eigenvalue weighted by Gasteiger charge is -2.16. The van der Waals surface area contributed by atoms with Crippen LogP contribution in [0.1, 0.15) is 17.2 Å². The van der Waals surface area contributed by atoms with Crippen LogP contribution in [0.4, 0.5) is 4.39 Å². The molecule has 0 radical (unpaired) electrons. The second kappa shape index (κ2) is 6.19. The Labute approximate surface area is 132 Å². The van der Waals surface area contributed by atoms with Gasteiger partial charge in [-0.05, 0) is 62.3 Å². The van der Waals surface area contributed by atoms with Crippen LogP contribution < -0.4 is 4.74 Å². The Balaban J connectivity index is 2.49. The summed E-state index contributed by atoms with van der Waals surface area (Å²) in [4.78, 5) is 0. The summed E-state index contributed by atoms with van der Waals surface area (Å²) in [6.07, 6.45) is -0.860. The number of rotatable bonds is 3. The van der Waals surface area contributed by atoms with Crippen LogP contribution in [-0.2, 0) is 0 Å². The van der Waals surface area contributed by atoms with Gasteiger partial charge in [0.05, 0.1) is 11.6 Å². The number of hydrogen-bond donors (Lipinski definition) is 1. The van der Waals surface area contributed by atoms with Crippen LogP contribution in [-0.4, -0.2) is 12.2 Å². The van der Waals surface area contributed by atoms with Gasteiger partial charge >= 0.3 is 0 Å². The molecule has 100 valence electrons. The molecular weight excluding hydrogens is 426 g/mol. The summed E-state index contributed by atoms with van der Waals surface area (Å²) in [6, 6.07) is 10.3. The van der Waals surface area contributed by atoms with Crippen LogP contribution in [0.2, 0.25) is 0 Å². The van der Waals surface area contributed by atoms with Gasteiger partial charge in [-0.3, -0.25) is 0 Å². The lowest BCUT2D eigenvalue weighted by atomic mass is 10.0. The maximum Gasteiger partial charge on any atom is 0.141 e. The van der Waals surface area contributed by atoms with Gasteiger partial charge in [-0.15, -0.1) is 0 Å². The minimum Gasteiger partial charge on any atom is -0.496 e. The molecule has 0 aromatic heterocycles. The van der Waals surface area contributed by atoms with E-state index in [0.29, 0.717) is 15.8 Å². The van der Waals surface area contributed by atoms with Crippen molar-refractivity contribution in [2.75, 3.05) is 7.11 Å². The molecule has 2 nitrogen and oxygen atoms in total. The van der Waals surface area contributed by atoms with E-state index in [-0.39, 0.29) is 0 Å². The Kier molecular flexibility index (Phi) is 4.81. The first-order valence-corrected chi connectivity index (χ1v) is 7.36. The third-order valence-electron chi connectivity index (χ3n) is 2.73. The Morgan fingerprint density at radius 3 is 2.68 bits per heavy atom. The SMILES string of the molecule is COc1cc(F)c(Br)cc1C(O)c1cccc(I)c1. The van der Waals surface area contributed by atoms with Gasteiger partial charge in [0.15, 0.2) is 0 Å². The fourth-order valence-electron chi connectivity index (χ4n) is 1.79. The molecule has 0 heterocycles. The largest absolute Gasteiger partial charge is 0.496 e. The van der Waals surface area contributed by atoms with Gasteiger partial charge in [-0.1, -0.05) is 12.1 Å². The van der Waals surface area contributed by atoms with Crippen molar-refractivity contribution in [2.24, 2.45) is 0 Å². The molecule has 0 aliphatic carbocycles. The Morgan fingerprint density at radius 2 is 2.05 bits per heavy atom. The summed E-state index contributed by atoms with van der Waals surface area (Å²) in [5.41, 5.74) is 1.27. The van der Waals surface area contributed by atoms with Crippen LogP contribution in [0.3, 0.4) is 0 Å². The summed E-state index contributed by atoms with van der Waals surface area (Å²) >= 11 is 5.30. The zero-order valence-electron chi connectivity index (χ0n) is 10.0. The van der Waals surface area contributed by atoms with Crippen LogP contribution in [0.5, 0.6) is 5.75 Å². The Bertz CT molecular complexity index is 604. The van der Waals surface area contributed by atoms with E-state index >= 15 is 0 Å². The summed E-state index contributed by atoms with van der Waals surface area (Å²) in [7, 11) is 1.45. The first-order chi connectivity index (χ1) is 9.02. The third kappa shape index (κ3) is 3.27. The van der Waals surface area contributed by atoms with Gasteiger partial charge in [-0.25, -0.2) is 4.39 Å². The first-order valence-electron chi connectivity index (χ1n) is 5.49. The fraction of sp³-hybridized carbons (Fsp3) is 0.143. The lowest BCUT2D eigenvalue weighted by molar-refractivity contribution is 0.214. The quantitative estimate of drug-likeness (QED) is 0.727. The van der Waals surface area contributed by atoms with Gasteiger partial charge in [0.1, 0.15) is 17.7 Å². The van der Waals surface area contributed by atoms with Crippen molar-refractivity contribution < 1.29 is 14.2 Å². The average molecular weight is 437 g/mol. The monoisotopic (exact) mass is 436 g/mol. The molecule has 0 fully saturated rings. The van der Waals surface area contributed by atoms with E-state index in [1.54, 1.807) is 6.07 Å². The maximum atomic E-state index is 13.5. The molecule has 2 aromatic rings. The Hall–Kier alpha value is -0.660. The second-order valence-corrected chi connectivity index (χ2v) is 6.07. The van der Waals surface area contributed by atoms with Crippen LogP contribution >= 0.6 is 38.5 Å². The van der Waals surface area contributed by atoms with Gasteiger partial charge < -0.3 is 9.84 Å². The Morgan fingerprint density at radius 1 is 1.32 bits per heavy atom. The molecule has 5 heteroatoms. The third-order valence-corrected chi connectivity index (χ3v) is 4.01. The summed E-state index contributed by atoms with van der Waals surface area (Å²) in [5.74, 6) is -0.0949. The van der Waals surface area contributed by atoms with Gasteiger partial charge in [0.25, 0.3) is 0 Å². The van der Waals surface area contributed by atoms with Crippen molar-refractivity contribution in [3.63, 3.8) is 0 Å². The van der Waals surface area contributed by atoms with Crippen molar-refractivity contribution in [2.45, 2.75) is 6.10 Å². The van der Waals surface area contributed by atoms with E-state index < -0.39 is 11.9 Å². The molecule has 0 aliphatic heterocycles. The van der Waals surface area contributed by atoms with Crippen molar-refractivity contribution in [3.8, 4) is 5.75 Å². The molecule has 2 aromatic carbocycles. The summed E-state index contributed by atoms with van der Waals surface area (Å²) < 4.78 is 19.9. The highest BCUT2D eigenvalue weighted by atomic mass is 127. The van der Waals surface area contributed by atoms with E-state index in [4.69, 9.17) is 4.74 Å². The standard InChI is InChI=1S/C14H11BrFIO2/c1-19-13-7-12(16)11(15)6-10(13)14(18)8-3-2-4-9(17)5-8/h2-7,14,18H,1H3. The molecule has 19 heavy (non-hydrogen) atoms. The smallest absolute Gasteiger partial charge is 0.141 e. The molecular formula is C14H11BrFIO2. The number of halogens is 3. The molecule has 1 atom stereocenters. The second-order valence-electron chi connectivity index (χ2n) is 3.97. The number of aliphatic hydroxyl groups excluding tert-OH is 1. The molecule has 0 saturated heterocycles. The normalized spacial score (nSPS) is 12.3. The zero-order valence-corrected chi connectivity index (χ0v) is 13.8. The molecule has 0 amide bonds. The van der Waals surface area contributed by atoms with Gasteiger partial charge in [0, 0.05) is 15.2 Å². The van der Waals surface area contributed by atoms with Crippen molar-refractivity contribution in [3.05, 3.63) is 61.4 Å². The van der Waals surface area contributed by atoms with E-state index in [1.165, 1.54) is 13.2 Å². The highest BCUT2D eigenvalue weighted by Crippen LogP contribution is 2.34. The summed E-state index contributed by atoms with van der Waals surface area (Å²) in [5, 5.41) is 10.4. The average Bonchev–Trinajstić information content (AvgIpc) is 2.40. The van der Waals surface area contributed by atoms with Gasteiger partial charge in [0.2, 0.25) is 0 Å². The first kappa shape index (κ1) is 14.7. The lowest BCUT2D eigenvalue weighted by Crippen LogP contribution is -2.03. The number of aliphatic hydroxyl groups is 1. The molecule has 0 bridgehead atoms. The molecule has 1 N–H and O–H groups in total. The van der Waals surface area contributed by atoms with E-state index in [1.807, 2.05) is 24.3 Å². The predicted octanol–water partition coefficient (Wildman–Crippen LogP) is 4.28. The fourth-order valence-corrected chi connectivity index (χ4v) is 2.72. The number of benzene rings is 2. The number of methoxy groups -OCH3 is 1. The number of ether oxygens (including phenoxy) is 1. The van der Waals surface area contributed by atoms with Crippen LogP contribution in [0, 0.1) is 9.39 Å². The van der Waals surface area contributed by atoms with Crippen molar-refractivity contribution in [1.29, 1.82) is 0 Å². The topological polar surface area (TPSA) is 29.5 Å². The van der Waals surface area contributed by atoms with Gasteiger partial charge in [-0.2, -0.15) is 0 Å². The minimum atomic E-state index is -0.860. The maximum absolute atomic E-state index is 13.5. The molecule has 0 aliphatic rings. The highest BCUT2D eigenvalue weighted by molar-refractivity contribution is 14.1. The molecule has 2 rings (SSSR count). The molecule has 0 spiro atoms. The highest BCUT2D eigenvalue weighted by Gasteiger charge is 2.18. The summed E-state index contributed by atoms with van der Waals surface area (Å²) in [6.45, 7) is 0. The van der Waals surface area contributed by atoms with E-state index in [2.05, 4.69) is 38.5 Å². The molecule has 1 unspecified atom stereocenters. The zero-order chi connectivity index (χ0) is 14.0. The van der Waals surface area contributed by atoms with Crippen LogP contribution in [0.15, 0.2) is 40.9 Å². The van der Waals surface area contributed by atoms with E-state index in [0.717, 1.165) is 9.13 Å². The van der Waals surface area contributed by atoms with Crippen LogP contribution in [0.25, 0.3) is 0 Å². The minimum absolute atomic E-state index is 0.299. The van der Waals surface area contributed by atoms with Crippen molar-refractivity contribution in [1.82, 2.24) is 0 Å². The molecule has 0 saturated carbocycles.